The number of amides is 2. The average molecular weight is 413 g/mol. The van der Waals surface area contributed by atoms with Crippen LogP contribution in [0.15, 0.2) is 35.7 Å². The zero-order valence-electron chi connectivity index (χ0n) is 14.0. The van der Waals surface area contributed by atoms with E-state index < -0.39 is 0 Å². The van der Waals surface area contributed by atoms with E-state index in [1.54, 1.807) is 39.3 Å². The van der Waals surface area contributed by atoms with Crippen molar-refractivity contribution >= 4 is 46.4 Å². The Kier molecular flexibility index (Phi) is 6.40. The van der Waals surface area contributed by atoms with Gasteiger partial charge in [-0.2, -0.15) is 0 Å². The van der Waals surface area contributed by atoms with Crippen LogP contribution in [0.1, 0.15) is 4.88 Å². The van der Waals surface area contributed by atoms with E-state index in [1.807, 2.05) is 17.5 Å². The fourth-order valence-corrected chi connectivity index (χ4v) is 3.86. The van der Waals surface area contributed by atoms with Gasteiger partial charge in [-0.05, 0) is 29.6 Å². The van der Waals surface area contributed by atoms with Gasteiger partial charge in [0.1, 0.15) is 5.75 Å². The quantitative estimate of drug-likeness (QED) is 0.756. The summed E-state index contributed by atoms with van der Waals surface area (Å²) in [4.78, 5) is 29.2. The minimum Gasteiger partial charge on any atom is -0.482 e. The van der Waals surface area contributed by atoms with Crippen LogP contribution in [0.5, 0.6) is 5.75 Å². The molecule has 2 amide bonds. The highest BCUT2D eigenvalue weighted by molar-refractivity contribution is 7.10. The molecule has 1 fully saturated rings. The summed E-state index contributed by atoms with van der Waals surface area (Å²) in [6.07, 6.45) is 0.420. The third-order valence-corrected chi connectivity index (χ3v) is 5.54. The van der Waals surface area contributed by atoms with E-state index >= 15 is 0 Å². The van der Waals surface area contributed by atoms with Crippen LogP contribution in [-0.2, 0) is 16.0 Å². The van der Waals surface area contributed by atoms with Crippen molar-refractivity contribution in [3.63, 3.8) is 0 Å². The molecule has 1 aromatic heterocycles. The fraction of sp³-hybridized carbons (Fsp3) is 0.333. The van der Waals surface area contributed by atoms with Crippen molar-refractivity contribution in [3.8, 4) is 5.75 Å². The number of hydrogen-bond acceptors (Lipinski definition) is 4. The van der Waals surface area contributed by atoms with Crippen molar-refractivity contribution in [3.05, 3.63) is 50.6 Å². The van der Waals surface area contributed by atoms with Crippen LogP contribution in [0.2, 0.25) is 10.0 Å². The highest BCUT2D eigenvalue weighted by Crippen LogP contribution is 2.27. The van der Waals surface area contributed by atoms with Crippen LogP contribution < -0.4 is 4.74 Å². The predicted molar refractivity (Wildman–Crippen MR) is 103 cm³/mol. The number of piperazine rings is 1. The second-order valence-corrected chi connectivity index (χ2v) is 7.76. The molecular weight excluding hydrogens is 395 g/mol. The molecule has 1 aliphatic heterocycles. The third kappa shape index (κ3) is 4.90. The molecular formula is C18H18Cl2N2O3S. The van der Waals surface area contributed by atoms with Gasteiger partial charge in [-0.1, -0.05) is 29.3 Å². The molecule has 0 N–H and O–H groups in total. The van der Waals surface area contributed by atoms with Crippen LogP contribution in [0, 0.1) is 0 Å². The van der Waals surface area contributed by atoms with Crippen LogP contribution >= 0.6 is 34.5 Å². The molecule has 1 aliphatic rings. The normalized spacial score (nSPS) is 14.4. The van der Waals surface area contributed by atoms with E-state index in [4.69, 9.17) is 27.9 Å². The largest absolute Gasteiger partial charge is 0.482 e. The molecule has 0 atom stereocenters. The summed E-state index contributed by atoms with van der Waals surface area (Å²) in [5.74, 6) is 0.402. The molecule has 8 heteroatoms. The minimum atomic E-state index is -0.124. The number of ether oxygens (including phenoxy) is 1. The van der Waals surface area contributed by atoms with E-state index in [9.17, 15) is 9.59 Å². The van der Waals surface area contributed by atoms with Gasteiger partial charge in [0.25, 0.3) is 5.91 Å². The van der Waals surface area contributed by atoms with Crippen molar-refractivity contribution in [2.75, 3.05) is 32.8 Å². The van der Waals surface area contributed by atoms with Gasteiger partial charge in [0.2, 0.25) is 5.91 Å². The number of carbonyl (C=O) groups excluding carboxylic acids is 2. The molecule has 0 bridgehead atoms. The van der Waals surface area contributed by atoms with E-state index in [1.165, 1.54) is 0 Å². The number of thiophene rings is 1. The highest BCUT2D eigenvalue weighted by atomic mass is 35.5. The first-order valence-corrected chi connectivity index (χ1v) is 9.82. The maximum Gasteiger partial charge on any atom is 0.260 e. The van der Waals surface area contributed by atoms with Crippen molar-refractivity contribution in [2.24, 2.45) is 0 Å². The van der Waals surface area contributed by atoms with Crippen LogP contribution in [-0.4, -0.2) is 54.4 Å². The molecule has 0 saturated carbocycles. The van der Waals surface area contributed by atoms with Gasteiger partial charge in [0.15, 0.2) is 6.61 Å². The van der Waals surface area contributed by atoms with Gasteiger partial charge in [-0.25, -0.2) is 0 Å². The molecule has 3 rings (SSSR count). The Balaban J connectivity index is 1.45. The maximum atomic E-state index is 12.3. The lowest BCUT2D eigenvalue weighted by Crippen LogP contribution is -2.51. The highest BCUT2D eigenvalue weighted by Gasteiger charge is 2.24. The third-order valence-electron chi connectivity index (χ3n) is 4.14. The first kappa shape index (κ1) is 19.0. The molecule has 138 valence electrons. The fourth-order valence-electron chi connectivity index (χ4n) is 2.70. The monoisotopic (exact) mass is 412 g/mol. The summed E-state index contributed by atoms with van der Waals surface area (Å²) in [6, 6.07) is 8.77. The summed E-state index contributed by atoms with van der Waals surface area (Å²) in [5, 5.41) is 2.85. The van der Waals surface area contributed by atoms with Gasteiger partial charge >= 0.3 is 0 Å². The number of halogens is 2. The minimum absolute atomic E-state index is 0.0928. The summed E-state index contributed by atoms with van der Waals surface area (Å²) < 4.78 is 5.49. The number of benzene rings is 1. The Labute approximate surface area is 166 Å². The molecule has 0 radical (unpaired) electrons. The number of hydrogen-bond donors (Lipinski definition) is 0. The second kappa shape index (κ2) is 8.75. The van der Waals surface area contributed by atoms with E-state index in [-0.39, 0.29) is 18.4 Å². The zero-order chi connectivity index (χ0) is 18.5. The molecule has 26 heavy (non-hydrogen) atoms. The van der Waals surface area contributed by atoms with Gasteiger partial charge < -0.3 is 14.5 Å². The predicted octanol–water partition coefficient (Wildman–Crippen LogP) is 3.35. The van der Waals surface area contributed by atoms with Crippen molar-refractivity contribution < 1.29 is 14.3 Å². The lowest BCUT2D eigenvalue weighted by molar-refractivity contribution is -0.140. The Hall–Kier alpha value is -1.76. The van der Waals surface area contributed by atoms with Crippen LogP contribution in [0.4, 0.5) is 0 Å². The van der Waals surface area contributed by atoms with Gasteiger partial charge in [-0.3, -0.25) is 9.59 Å². The molecule has 1 aromatic carbocycles. The van der Waals surface area contributed by atoms with Gasteiger partial charge in [0.05, 0.1) is 11.4 Å². The molecule has 2 aromatic rings. The first-order valence-electron chi connectivity index (χ1n) is 8.18. The number of nitrogens with zero attached hydrogens (tertiary/aromatic N) is 2. The van der Waals surface area contributed by atoms with E-state index in [0.29, 0.717) is 48.4 Å². The standard InChI is InChI=1S/C18H18Cl2N2O3S/c19-13-3-4-16(15(20)10-13)25-12-18(24)22-7-5-21(6-8-22)17(23)11-14-2-1-9-26-14/h1-4,9-10H,5-8,11-12H2. The maximum absolute atomic E-state index is 12.3. The Morgan fingerprint density at radius 3 is 2.35 bits per heavy atom. The van der Waals surface area contributed by atoms with E-state index in [0.717, 1.165) is 4.88 Å². The van der Waals surface area contributed by atoms with Crippen molar-refractivity contribution in [2.45, 2.75) is 6.42 Å². The lowest BCUT2D eigenvalue weighted by Gasteiger charge is -2.34. The SMILES string of the molecule is O=C(COc1ccc(Cl)cc1Cl)N1CCN(C(=O)Cc2cccs2)CC1. The van der Waals surface area contributed by atoms with E-state index in [2.05, 4.69) is 0 Å². The lowest BCUT2D eigenvalue weighted by atomic mass is 10.2. The summed E-state index contributed by atoms with van der Waals surface area (Å²) >= 11 is 13.5. The molecule has 0 aliphatic carbocycles. The second-order valence-electron chi connectivity index (χ2n) is 5.88. The number of rotatable bonds is 5. The van der Waals surface area contributed by atoms with Gasteiger partial charge in [-0.15, -0.1) is 11.3 Å². The average Bonchev–Trinajstić information content (AvgIpc) is 3.14. The van der Waals surface area contributed by atoms with Crippen LogP contribution in [0.3, 0.4) is 0 Å². The molecule has 1 saturated heterocycles. The molecule has 5 nitrogen and oxygen atoms in total. The van der Waals surface area contributed by atoms with Crippen molar-refractivity contribution in [1.29, 1.82) is 0 Å². The Bertz CT molecular complexity index is 775. The molecule has 0 spiro atoms. The van der Waals surface area contributed by atoms with Gasteiger partial charge in [0, 0.05) is 36.1 Å². The topological polar surface area (TPSA) is 49.9 Å². The Morgan fingerprint density at radius 1 is 1.04 bits per heavy atom. The molecule has 2 heterocycles. The van der Waals surface area contributed by atoms with Crippen LogP contribution in [0.25, 0.3) is 0 Å². The first-order chi connectivity index (χ1) is 12.5. The summed E-state index contributed by atoms with van der Waals surface area (Å²) in [5.41, 5.74) is 0. The summed E-state index contributed by atoms with van der Waals surface area (Å²) in [6.45, 7) is 2.00. The van der Waals surface area contributed by atoms with Crippen molar-refractivity contribution in [1.82, 2.24) is 9.80 Å². The zero-order valence-corrected chi connectivity index (χ0v) is 16.3. The molecule has 0 unspecified atom stereocenters. The summed E-state index contributed by atoms with van der Waals surface area (Å²) in [7, 11) is 0. The Morgan fingerprint density at radius 2 is 1.73 bits per heavy atom. The smallest absolute Gasteiger partial charge is 0.260 e. The number of carbonyl (C=O) groups is 2.